The van der Waals surface area contributed by atoms with Crippen molar-refractivity contribution >= 4 is 13.3 Å². The first-order valence-electron chi connectivity index (χ1n) is 2.19. The highest BCUT2D eigenvalue weighted by Crippen LogP contribution is 2.40. The van der Waals surface area contributed by atoms with Crippen molar-refractivity contribution in [2.45, 2.75) is 6.92 Å². The van der Waals surface area contributed by atoms with Gasteiger partial charge in [0.25, 0.3) is 0 Å². The van der Waals surface area contributed by atoms with E-state index in [4.69, 9.17) is 4.89 Å². The van der Waals surface area contributed by atoms with Gasteiger partial charge in [-0.1, -0.05) is 0 Å². The summed E-state index contributed by atoms with van der Waals surface area (Å²) in [5.74, 6) is 0. The lowest BCUT2D eigenvalue weighted by molar-refractivity contribution is -0.236. The minimum atomic E-state index is -4.46. The van der Waals surface area contributed by atoms with Crippen LogP contribution in [0.5, 0.6) is 0 Å². The van der Waals surface area contributed by atoms with Crippen molar-refractivity contribution in [1.29, 1.82) is 0 Å². The zero-order valence-electron chi connectivity index (χ0n) is 4.73. The first-order valence-corrected chi connectivity index (χ1v) is 3.77. The summed E-state index contributed by atoms with van der Waals surface area (Å²) in [5.41, 5.74) is -2.07. The van der Waals surface area contributed by atoms with Gasteiger partial charge in [-0.15, -0.1) is 0 Å². The molecule has 0 aliphatic carbocycles. The molecular formula is C3H6O5P-. The minimum Gasteiger partial charge on any atom is -0.538 e. The van der Waals surface area contributed by atoms with Gasteiger partial charge in [-0.2, -0.15) is 0 Å². The van der Waals surface area contributed by atoms with E-state index < -0.39 is 13.3 Å². The molecule has 0 bridgehead atoms. The molecule has 5 nitrogen and oxygen atoms in total. The SMILES string of the molecule is CCOP(=O)(O)C(=O)[O-]. The Hall–Kier alpha value is -0.380. The second-order valence-corrected chi connectivity index (χ2v) is 2.87. The average molecular weight is 153 g/mol. The third-order valence-corrected chi connectivity index (χ3v) is 1.60. The second kappa shape index (κ2) is 2.96. The lowest BCUT2D eigenvalue weighted by Gasteiger charge is -2.09. The van der Waals surface area contributed by atoms with Crippen molar-refractivity contribution in [2.24, 2.45) is 0 Å². The topological polar surface area (TPSA) is 86.7 Å². The van der Waals surface area contributed by atoms with Crippen LogP contribution in [-0.4, -0.2) is 17.2 Å². The lowest BCUT2D eigenvalue weighted by atomic mass is 10.9. The molecule has 0 aromatic heterocycles. The van der Waals surface area contributed by atoms with E-state index in [0.29, 0.717) is 0 Å². The summed E-state index contributed by atoms with van der Waals surface area (Å²) >= 11 is 0. The number of rotatable bonds is 3. The van der Waals surface area contributed by atoms with E-state index in [0.717, 1.165) is 0 Å². The van der Waals surface area contributed by atoms with Crippen LogP contribution in [0, 0.1) is 0 Å². The van der Waals surface area contributed by atoms with Gasteiger partial charge in [0.15, 0.2) is 5.71 Å². The maximum Gasteiger partial charge on any atom is 0.374 e. The minimum absolute atomic E-state index is 0.123. The molecule has 0 aromatic rings. The van der Waals surface area contributed by atoms with Crippen molar-refractivity contribution < 1.29 is 23.9 Å². The van der Waals surface area contributed by atoms with Gasteiger partial charge in [0.05, 0.1) is 6.61 Å². The van der Waals surface area contributed by atoms with Crippen LogP contribution in [0.25, 0.3) is 0 Å². The van der Waals surface area contributed by atoms with Crippen molar-refractivity contribution in [3.63, 3.8) is 0 Å². The predicted octanol–water partition coefficient (Wildman–Crippen LogP) is -0.448. The predicted molar refractivity (Wildman–Crippen MR) is 26.8 cm³/mol. The van der Waals surface area contributed by atoms with Crippen molar-refractivity contribution in [3.05, 3.63) is 0 Å². The van der Waals surface area contributed by atoms with E-state index in [2.05, 4.69) is 4.52 Å². The summed E-state index contributed by atoms with van der Waals surface area (Å²) in [5, 5.41) is 9.66. The number of hydrogen-bond acceptors (Lipinski definition) is 4. The third kappa shape index (κ3) is 2.60. The van der Waals surface area contributed by atoms with Crippen LogP contribution >= 0.6 is 7.60 Å². The molecule has 0 saturated carbocycles. The molecule has 0 fully saturated rings. The van der Waals surface area contributed by atoms with E-state index in [-0.39, 0.29) is 6.61 Å². The highest BCUT2D eigenvalue weighted by atomic mass is 31.2. The van der Waals surface area contributed by atoms with Gasteiger partial charge in [0, 0.05) is 0 Å². The van der Waals surface area contributed by atoms with E-state index in [9.17, 15) is 14.5 Å². The molecule has 1 N–H and O–H groups in total. The van der Waals surface area contributed by atoms with Gasteiger partial charge in [0.2, 0.25) is 0 Å². The molecule has 6 heteroatoms. The van der Waals surface area contributed by atoms with Gasteiger partial charge in [0.1, 0.15) is 0 Å². The van der Waals surface area contributed by atoms with Crippen molar-refractivity contribution in [3.8, 4) is 0 Å². The highest BCUT2D eigenvalue weighted by Gasteiger charge is 2.19. The monoisotopic (exact) mass is 153 g/mol. The lowest BCUT2D eigenvalue weighted by Crippen LogP contribution is -2.21. The Kier molecular flexibility index (Phi) is 2.84. The Bertz CT molecular complexity index is 152. The van der Waals surface area contributed by atoms with Gasteiger partial charge >= 0.3 is 7.60 Å². The first-order chi connectivity index (χ1) is 4.00. The first kappa shape index (κ1) is 8.62. The molecule has 0 rings (SSSR count). The number of carboxylic acid groups (broad SMARTS) is 1. The van der Waals surface area contributed by atoms with Crippen LogP contribution in [0.1, 0.15) is 6.92 Å². The van der Waals surface area contributed by atoms with E-state index in [1.165, 1.54) is 6.92 Å². The summed E-state index contributed by atoms with van der Waals surface area (Å²) in [4.78, 5) is 17.9. The fourth-order valence-corrected chi connectivity index (χ4v) is 0.683. The van der Waals surface area contributed by atoms with E-state index in [1.54, 1.807) is 0 Å². The number of carbonyl (C=O) groups excluding carboxylic acids is 1. The molecule has 0 heterocycles. The molecule has 0 aliphatic rings. The summed E-state index contributed by atoms with van der Waals surface area (Å²) in [6.07, 6.45) is 0. The maximum atomic E-state index is 10.2. The maximum absolute atomic E-state index is 10.2. The molecule has 0 spiro atoms. The summed E-state index contributed by atoms with van der Waals surface area (Å²) in [6, 6.07) is 0. The Labute approximate surface area is 51.8 Å². The van der Waals surface area contributed by atoms with Gasteiger partial charge in [-0.25, -0.2) is 0 Å². The molecule has 0 radical (unpaired) electrons. The van der Waals surface area contributed by atoms with Crippen molar-refractivity contribution in [2.75, 3.05) is 6.61 Å². The van der Waals surface area contributed by atoms with Crippen LogP contribution in [0.2, 0.25) is 0 Å². The molecular weight excluding hydrogens is 147 g/mol. The van der Waals surface area contributed by atoms with E-state index in [1.807, 2.05) is 0 Å². The molecule has 9 heavy (non-hydrogen) atoms. The molecule has 0 aliphatic heterocycles. The molecule has 54 valence electrons. The second-order valence-electron chi connectivity index (χ2n) is 1.20. The summed E-state index contributed by atoms with van der Waals surface area (Å²) < 4.78 is 14.1. The van der Waals surface area contributed by atoms with E-state index >= 15 is 0 Å². The highest BCUT2D eigenvalue weighted by molar-refractivity contribution is 7.70. The Balaban J connectivity index is 4.04. The van der Waals surface area contributed by atoms with Crippen LogP contribution in [0.4, 0.5) is 4.79 Å². The van der Waals surface area contributed by atoms with Crippen molar-refractivity contribution in [1.82, 2.24) is 0 Å². The Morgan fingerprint density at radius 1 is 1.89 bits per heavy atom. The Morgan fingerprint density at radius 3 is 2.44 bits per heavy atom. The summed E-state index contributed by atoms with van der Waals surface area (Å²) in [6.45, 7) is 1.29. The van der Waals surface area contributed by atoms with Crippen LogP contribution in [0.15, 0.2) is 0 Å². The van der Waals surface area contributed by atoms with Gasteiger partial charge in [-0.05, 0) is 6.92 Å². The molecule has 1 unspecified atom stereocenters. The zero-order chi connectivity index (χ0) is 7.49. The summed E-state index contributed by atoms with van der Waals surface area (Å²) in [7, 11) is -4.46. The average Bonchev–Trinajstić information content (AvgIpc) is 1.65. The fourth-order valence-electron chi connectivity index (χ4n) is 0.228. The molecule has 0 amide bonds. The fraction of sp³-hybridized carbons (Fsp3) is 0.667. The Morgan fingerprint density at radius 2 is 2.33 bits per heavy atom. The third-order valence-electron chi connectivity index (χ3n) is 0.535. The molecule has 0 saturated heterocycles. The quantitative estimate of drug-likeness (QED) is 0.555. The van der Waals surface area contributed by atoms with Crippen LogP contribution in [-0.2, 0) is 9.09 Å². The van der Waals surface area contributed by atoms with Gasteiger partial charge in [-0.3, -0.25) is 4.57 Å². The number of carbonyl (C=O) groups is 1. The number of hydrogen-bond donors (Lipinski definition) is 1. The molecule has 0 aromatic carbocycles. The normalized spacial score (nSPS) is 16.7. The largest absolute Gasteiger partial charge is 0.538 e. The standard InChI is InChI=1S/C3H7O5P/c1-2-8-9(6,7)3(4)5/h2H2,1H3,(H,4,5)(H,6,7)/p-1. The van der Waals surface area contributed by atoms with Crippen LogP contribution in [0.3, 0.4) is 0 Å². The van der Waals surface area contributed by atoms with Gasteiger partial charge < -0.3 is 19.3 Å². The smallest absolute Gasteiger partial charge is 0.374 e. The molecule has 1 atom stereocenters. The zero-order valence-corrected chi connectivity index (χ0v) is 5.63. The van der Waals surface area contributed by atoms with Crippen LogP contribution < -0.4 is 5.11 Å².